The molecule has 5 rings (SSSR count). The third kappa shape index (κ3) is 4.26. The van der Waals surface area contributed by atoms with Gasteiger partial charge in [0.2, 0.25) is 0 Å². The van der Waals surface area contributed by atoms with E-state index in [2.05, 4.69) is 24.3 Å². The van der Waals surface area contributed by atoms with Gasteiger partial charge in [0.15, 0.2) is 0 Å². The van der Waals surface area contributed by atoms with Crippen molar-refractivity contribution in [2.24, 2.45) is 0 Å². The number of fused-ring (bicyclic) bond motifs is 2. The molecular weight excluding hydrogens is 505 g/mol. The minimum atomic E-state index is -0.158. The molecule has 0 bridgehead atoms. The molecule has 1 N–H and O–H groups in total. The summed E-state index contributed by atoms with van der Waals surface area (Å²) in [6, 6.07) is 13.1. The molecule has 2 aromatic carbocycles. The van der Waals surface area contributed by atoms with Crippen molar-refractivity contribution < 1.29 is 9.53 Å². The maximum atomic E-state index is 13.5. The van der Waals surface area contributed by atoms with E-state index in [0.29, 0.717) is 39.2 Å². The minimum absolute atomic E-state index is 0.0730. The Balaban J connectivity index is 1.60. The molecule has 1 atom stereocenters. The van der Waals surface area contributed by atoms with Crippen molar-refractivity contribution >= 4 is 46.2 Å². The predicted molar refractivity (Wildman–Crippen MR) is 141 cm³/mol. The van der Waals surface area contributed by atoms with Crippen LogP contribution in [0.15, 0.2) is 48.7 Å². The van der Waals surface area contributed by atoms with E-state index in [-0.39, 0.29) is 17.9 Å². The van der Waals surface area contributed by atoms with Crippen LogP contribution in [-0.2, 0) is 0 Å². The summed E-state index contributed by atoms with van der Waals surface area (Å²) in [5, 5.41) is 9.14. The second kappa shape index (κ2) is 9.38. The first-order valence-corrected chi connectivity index (χ1v) is 12.6. The SMILES string of the molecule is Cc1cc2c(C(C)C)c(C(=O)N[C@H]3CCOc4ccccc43)cnn2c1-c1cc(Cl)cc(Cl)c1Cl. The van der Waals surface area contributed by atoms with Gasteiger partial charge < -0.3 is 10.1 Å². The number of nitrogens with zero attached hydrogens (tertiary/aromatic N) is 2. The van der Waals surface area contributed by atoms with Crippen LogP contribution in [-0.4, -0.2) is 22.1 Å². The molecule has 0 spiro atoms. The zero-order chi connectivity index (χ0) is 24.9. The Morgan fingerprint density at radius 2 is 1.94 bits per heavy atom. The van der Waals surface area contributed by atoms with Crippen LogP contribution in [0.4, 0.5) is 0 Å². The number of hydrogen-bond donors (Lipinski definition) is 1. The van der Waals surface area contributed by atoms with Crippen LogP contribution in [0.3, 0.4) is 0 Å². The van der Waals surface area contributed by atoms with Crippen LogP contribution in [0.25, 0.3) is 16.8 Å². The van der Waals surface area contributed by atoms with Crippen molar-refractivity contribution in [2.45, 2.75) is 39.2 Å². The quantitative estimate of drug-likeness (QED) is 0.277. The van der Waals surface area contributed by atoms with Gasteiger partial charge in [0.05, 0.1) is 45.7 Å². The molecule has 0 aliphatic carbocycles. The molecule has 3 heterocycles. The molecule has 0 saturated carbocycles. The van der Waals surface area contributed by atoms with Crippen molar-refractivity contribution in [1.82, 2.24) is 14.9 Å². The normalized spacial score (nSPS) is 15.2. The lowest BCUT2D eigenvalue weighted by molar-refractivity contribution is 0.0923. The summed E-state index contributed by atoms with van der Waals surface area (Å²) >= 11 is 19.2. The standard InChI is InChI=1S/C27H24Cl3N3O2/c1-14(2)24-19(27(34)32-21-8-9-35-23-7-5-4-6-17(21)23)13-31-33-22(24)10-15(3)26(33)18-11-16(28)12-20(29)25(18)30/h4-7,10-14,21H,8-9H2,1-3H3,(H,32,34)/t21-/m0/s1. The molecule has 2 aromatic heterocycles. The Morgan fingerprint density at radius 1 is 1.17 bits per heavy atom. The largest absolute Gasteiger partial charge is 0.493 e. The summed E-state index contributed by atoms with van der Waals surface area (Å²) in [4.78, 5) is 13.5. The van der Waals surface area contributed by atoms with Crippen LogP contribution in [0.5, 0.6) is 5.75 Å². The van der Waals surface area contributed by atoms with Crippen molar-refractivity contribution in [2.75, 3.05) is 6.61 Å². The molecule has 0 radical (unpaired) electrons. The first kappa shape index (κ1) is 24.0. The van der Waals surface area contributed by atoms with E-state index in [0.717, 1.165) is 33.7 Å². The number of hydrogen-bond acceptors (Lipinski definition) is 3. The van der Waals surface area contributed by atoms with Crippen LogP contribution in [0.2, 0.25) is 15.1 Å². The number of ether oxygens (including phenoxy) is 1. The highest BCUT2D eigenvalue weighted by Gasteiger charge is 2.27. The van der Waals surface area contributed by atoms with Crippen LogP contribution in [0, 0.1) is 6.92 Å². The smallest absolute Gasteiger partial charge is 0.253 e. The second-order valence-electron chi connectivity index (χ2n) is 9.05. The fraction of sp³-hybridized carbons (Fsp3) is 0.259. The molecule has 8 heteroatoms. The van der Waals surface area contributed by atoms with Crippen molar-refractivity contribution in [3.63, 3.8) is 0 Å². The molecule has 5 nitrogen and oxygen atoms in total. The third-order valence-corrected chi connectivity index (χ3v) is 7.39. The highest BCUT2D eigenvalue weighted by atomic mass is 35.5. The van der Waals surface area contributed by atoms with Gasteiger partial charge in [-0.05, 0) is 48.2 Å². The highest BCUT2D eigenvalue weighted by molar-refractivity contribution is 6.45. The summed E-state index contributed by atoms with van der Waals surface area (Å²) in [6.07, 6.45) is 2.34. The minimum Gasteiger partial charge on any atom is -0.493 e. The lowest BCUT2D eigenvalue weighted by atomic mass is 9.96. The molecule has 1 aliphatic rings. The highest BCUT2D eigenvalue weighted by Crippen LogP contribution is 2.40. The Hall–Kier alpha value is -2.73. The fourth-order valence-electron chi connectivity index (χ4n) is 4.83. The fourth-order valence-corrected chi connectivity index (χ4v) is 5.52. The molecule has 1 amide bonds. The van der Waals surface area contributed by atoms with Crippen LogP contribution >= 0.6 is 34.8 Å². The maximum Gasteiger partial charge on any atom is 0.253 e. The lowest BCUT2D eigenvalue weighted by Gasteiger charge is -2.27. The number of halogens is 3. The molecule has 4 aromatic rings. The summed E-state index contributed by atoms with van der Waals surface area (Å²) < 4.78 is 7.57. The number of carbonyl (C=O) groups is 1. The Labute approximate surface area is 219 Å². The van der Waals surface area contributed by atoms with Gasteiger partial charge in [-0.15, -0.1) is 0 Å². The van der Waals surface area contributed by atoms with E-state index >= 15 is 0 Å². The predicted octanol–water partition coefficient (Wildman–Crippen LogP) is 7.65. The van der Waals surface area contributed by atoms with Gasteiger partial charge in [-0.2, -0.15) is 5.10 Å². The number of aromatic nitrogens is 2. The number of aryl methyl sites for hydroxylation is 1. The van der Waals surface area contributed by atoms with E-state index in [9.17, 15) is 4.79 Å². The molecule has 0 unspecified atom stereocenters. The van der Waals surface area contributed by atoms with Gasteiger partial charge in [-0.25, -0.2) is 4.52 Å². The van der Waals surface area contributed by atoms with E-state index in [1.807, 2.05) is 41.8 Å². The van der Waals surface area contributed by atoms with Crippen molar-refractivity contribution in [1.29, 1.82) is 0 Å². The van der Waals surface area contributed by atoms with Gasteiger partial charge in [0.1, 0.15) is 5.75 Å². The molecule has 35 heavy (non-hydrogen) atoms. The molecular formula is C27H24Cl3N3O2. The topological polar surface area (TPSA) is 55.6 Å². The number of rotatable bonds is 4. The third-order valence-electron chi connectivity index (χ3n) is 6.37. The first-order valence-electron chi connectivity index (χ1n) is 11.4. The first-order chi connectivity index (χ1) is 16.8. The average Bonchev–Trinajstić information content (AvgIpc) is 3.16. The van der Waals surface area contributed by atoms with E-state index in [1.54, 1.807) is 18.3 Å². The monoisotopic (exact) mass is 527 g/mol. The molecule has 0 fully saturated rings. The van der Waals surface area contributed by atoms with Gasteiger partial charge in [-0.1, -0.05) is 66.8 Å². The summed E-state index contributed by atoms with van der Waals surface area (Å²) in [7, 11) is 0. The Kier molecular flexibility index (Phi) is 6.43. The summed E-state index contributed by atoms with van der Waals surface area (Å²) in [5.74, 6) is 0.726. The van der Waals surface area contributed by atoms with Crippen LogP contribution in [0.1, 0.15) is 59.3 Å². The van der Waals surface area contributed by atoms with E-state index in [1.165, 1.54) is 0 Å². The van der Waals surface area contributed by atoms with E-state index < -0.39 is 0 Å². The average molecular weight is 529 g/mol. The summed E-state index contributed by atoms with van der Waals surface area (Å²) in [6.45, 7) is 6.68. The van der Waals surface area contributed by atoms with Crippen molar-refractivity contribution in [3.05, 3.63) is 86.0 Å². The number of carbonyl (C=O) groups excluding carboxylic acids is 1. The van der Waals surface area contributed by atoms with Gasteiger partial charge in [0.25, 0.3) is 5.91 Å². The molecule has 180 valence electrons. The van der Waals surface area contributed by atoms with Gasteiger partial charge >= 0.3 is 0 Å². The molecule has 0 saturated heterocycles. The summed E-state index contributed by atoms with van der Waals surface area (Å²) in [5.41, 5.74) is 5.74. The number of amides is 1. The van der Waals surface area contributed by atoms with E-state index in [4.69, 9.17) is 39.5 Å². The number of benzene rings is 2. The Bertz CT molecular complexity index is 1460. The van der Waals surface area contributed by atoms with Crippen molar-refractivity contribution in [3.8, 4) is 17.0 Å². The lowest BCUT2D eigenvalue weighted by Crippen LogP contribution is -2.33. The zero-order valence-electron chi connectivity index (χ0n) is 19.5. The number of para-hydroxylation sites is 1. The Morgan fingerprint density at radius 3 is 2.71 bits per heavy atom. The van der Waals surface area contributed by atoms with Gasteiger partial charge in [0, 0.05) is 22.6 Å². The number of nitrogens with one attached hydrogen (secondary N) is 1. The second-order valence-corrected chi connectivity index (χ2v) is 10.3. The zero-order valence-corrected chi connectivity index (χ0v) is 21.8. The molecule has 1 aliphatic heterocycles. The van der Waals surface area contributed by atoms with Gasteiger partial charge in [-0.3, -0.25) is 4.79 Å². The van der Waals surface area contributed by atoms with Crippen LogP contribution < -0.4 is 10.1 Å². The maximum absolute atomic E-state index is 13.5.